The molecule has 2 rings (SSSR count). The fourth-order valence-electron chi connectivity index (χ4n) is 3.58. The molecule has 0 aromatic carbocycles. The van der Waals surface area contributed by atoms with Crippen molar-refractivity contribution >= 4 is 23.8 Å². The molecule has 1 heterocycles. The van der Waals surface area contributed by atoms with E-state index in [-0.39, 0.29) is 24.9 Å². The molecule has 1 spiro atoms. The summed E-state index contributed by atoms with van der Waals surface area (Å²) >= 11 is 0. The Morgan fingerprint density at radius 1 is 1.19 bits per heavy atom. The third-order valence-corrected chi connectivity index (χ3v) is 5.04. The highest BCUT2D eigenvalue weighted by Crippen LogP contribution is 2.37. The molecule has 0 aromatic heterocycles. The number of urea groups is 1. The SMILES string of the molecule is CCC1CCC2(CC1)NC(=O)N(CC(=O)NCC(=O)NC(C)(C)C)C2=O. The van der Waals surface area contributed by atoms with Gasteiger partial charge in [0.25, 0.3) is 5.91 Å². The number of hydrogen-bond donors (Lipinski definition) is 3. The molecular weight excluding hydrogens is 336 g/mol. The number of carbonyl (C=O) groups excluding carboxylic acids is 4. The van der Waals surface area contributed by atoms with Gasteiger partial charge < -0.3 is 16.0 Å². The van der Waals surface area contributed by atoms with Gasteiger partial charge in [-0.15, -0.1) is 0 Å². The molecule has 0 atom stereocenters. The van der Waals surface area contributed by atoms with Crippen molar-refractivity contribution in [1.82, 2.24) is 20.9 Å². The number of imide groups is 1. The number of carbonyl (C=O) groups is 4. The smallest absolute Gasteiger partial charge is 0.325 e. The Balaban J connectivity index is 1.87. The van der Waals surface area contributed by atoms with Gasteiger partial charge in [-0.3, -0.25) is 19.3 Å². The molecule has 26 heavy (non-hydrogen) atoms. The lowest BCUT2D eigenvalue weighted by Crippen LogP contribution is -2.50. The third kappa shape index (κ3) is 4.74. The molecule has 8 heteroatoms. The summed E-state index contributed by atoms with van der Waals surface area (Å²) in [6.07, 6.45) is 4.09. The van der Waals surface area contributed by atoms with E-state index in [1.807, 2.05) is 20.8 Å². The molecule has 0 radical (unpaired) electrons. The Morgan fingerprint density at radius 3 is 2.35 bits per heavy atom. The Hall–Kier alpha value is -2.12. The normalized spacial score (nSPS) is 26.0. The van der Waals surface area contributed by atoms with E-state index >= 15 is 0 Å². The van der Waals surface area contributed by atoms with E-state index in [9.17, 15) is 19.2 Å². The van der Waals surface area contributed by atoms with Crippen LogP contribution in [0.2, 0.25) is 0 Å². The zero-order valence-corrected chi connectivity index (χ0v) is 16.1. The second-order valence-corrected chi connectivity index (χ2v) is 8.33. The van der Waals surface area contributed by atoms with Crippen LogP contribution in [0, 0.1) is 5.92 Å². The van der Waals surface area contributed by atoms with Crippen molar-refractivity contribution in [3.63, 3.8) is 0 Å². The zero-order chi connectivity index (χ0) is 19.5. The van der Waals surface area contributed by atoms with Crippen molar-refractivity contribution in [3.05, 3.63) is 0 Å². The average Bonchev–Trinajstić information content (AvgIpc) is 2.76. The first-order valence-corrected chi connectivity index (χ1v) is 9.28. The van der Waals surface area contributed by atoms with Gasteiger partial charge in [0.05, 0.1) is 6.54 Å². The van der Waals surface area contributed by atoms with Crippen molar-refractivity contribution < 1.29 is 19.2 Å². The first kappa shape index (κ1) is 20.2. The lowest BCUT2D eigenvalue weighted by atomic mass is 9.75. The van der Waals surface area contributed by atoms with Crippen LogP contribution in [0.25, 0.3) is 0 Å². The van der Waals surface area contributed by atoms with Gasteiger partial charge in [0, 0.05) is 5.54 Å². The Bertz CT molecular complexity index is 588. The topological polar surface area (TPSA) is 108 Å². The van der Waals surface area contributed by atoms with Gasteiger partial charge in [-0.05, 0) is 52.4 Å². The van der Waals surface area contributed by atoms with Crippen LogP contribution in [0.5, 0.6) is 0 Å². The maximum absolute atomic E-state index is 12.7. The molecule has 146 valence electrons. The summed E-state index contributed by atoms with van der Waals surface area (Å²) in [5.41, 5.74) is -1.25. The van der Waals surface area contributed by atoms with Gasteiger partial charge in [-0.2, -0.15) is 0 Å². The van der Waals surface area contributed by atoms with E-state index in [1.165, 1.54) is 0 Å². The average molecular weight is 366 g/mol. The summed E-state index contributed by atoms with van der Waals surface area (Å²) in [4.78, 5) is 49.7. The van der Waals surface area contributed by atoms with Crippen molar-refractivity contribution in [1.29, 1.82) is 0 Å². The standard InChI is InChI=1S/C18H30N4O4/c1-5-12-6-8-18(9-7-12)15(25)22(16(26)21-18)11-14(24)19-10-13(23)20-17(2,3)4/h12H,5-11H2,1-4H3,(H,19,24)(H,20,23)(H,21,26). The molecule has 0 unspecified atom stereocenters. The van der Waals surface area contributed by atoms with Crippen molar-refractivity contribution in [3.8, 4) is 0 Å². The molecule has 1 aliphatic carbocycles. The van der Waals surface area contributed by atoms with Gasteiger partial charge >= 0.3 is 6.03 Å². The van der Waals surface area contributed by atoms with Gasteiger partial charge in [0.1, 0.15) is 12.1 Å². The molecule has 1 saturated heterocycles. The van der Waals surface area contributed by atoms with Crippen LogP contribution in [-0.2, 0) is 14.4 Å². The highest BCUT2D eigenvalue weighted by Gasteiger charge is 2.52. The summed E-state index contributed by atoms with van der Waals surface area (Å²) in [6, 6.07) is -0.528. The molecule has 8 nitrogen and oxygen atoms in total. The predicted molar refractivity (Wildman–Crippen MR) is 96.1 cm³/mol. The second kappa shape index (κ2) is 7.63. The molecule has 5 amide bonds. The van der Waals surface area contributed by atoms with Gasteiger partial charge in [-0.25, -0.2) is 4.79 Å². The maximum Gasteiger partial charge on any atom is 0.325 e. The highest BCUT2D eigenvalue weighted by molar-refractivity contribution is 6.09. The Morgan fingerprint density at radius 2 is 1.81 bits per heavy atom. The molecular formula is C18H30N4O4. The minimum atomic E-state index is -0.855. The summed E-state index contributed by atoms with van der Waals surface area (Å²) in [6.45, 7) is 7.09. The van der Waals surface area contributed by atoms with Crippen LogP contribution >= 0.6 is 0 Å². The van der Waals surface area contributed by atoms with E-state index in [0.717, 1.165) is 24.2 Å². The minimum absolute atomic E-state index is 0.191. The second-order valence-electron chi connectivity index (χ2n) is 8.33. The van der Waals surface area contributed by atoms with Crippen LogP contribution < -0.4 is 16.0 Å². The zero-order valence-electron chi connectivity index (χ0n) is 16.1. The van der Waals surface area contributed by atoms with Gasteiger partial charge in [0.15, 0.2) is 0 Å². The van der Waals surface area contributed by atoms with Crippen molar-refractivity contribution in [2.45, 2.75) is 70.9 Å². The third-order valence-electron chi connectivity index (χ3n) is 5.04. The first-order valence-electron chi connectivity index (χ1n) is 9.28. The molecule has 2 fully saturated rings. The van der Waals surface area contributed by atoms with Crippen molar-refractivity contribution in [2.75, 3.05) is 13.1 Å². The number of amides is 5. The highest BCUT2D eigenvalue weighted by atomic mass is 16.2. The van der Waals surface area contributed by atoms with Crippen LogP contribution in [0.3, 0.4) is 0 Å². The summed E-state index contributed by atoms with van der Waals surface area (Å²) < 4.78 is 0. The monoisotopic (exact) mass is 366 g/mol. The number of nitrogens with one attached hydrogen (secondary N) is 3. The van der Waals surface area contributed by atoms with Gasteiger partial charge in [-0.1, -0.05) is 13.3 Å². The summed E-state index contributed by atoms with van der Waals surface area (Å²) in [5, 5.41) is 7.98. The lowest BCUT2D eigenvalue weighted by Gasteiger charge is -2.34. The van der Waals surface area contributed by atoms with Crippen LogP contribution in [-0.4, -0.2) is 52.8 Å². The van der Waals surface area contributed by atoms with Crippen LogP contribution in [0.4, 0.5) is 4.79 Å². The number of nitrogens with zero attached hydrogens (tertiary/aromatic N) is 1. The summed E-state index contributed by atoms with van der Waals surface area (Å²) in [5.74, 6) is -0.593. The summed E-state index contributed by atoms with van der Waals surface area (Å²) in [7, 11) is 0. The molecule has 1 aliphatic heterocycles. The van der Waals surface area contributed by atoms with E-state index in [0.29, 0.717) is 18.8 Å². The fourth-order valence-corrected chi connectivity index (χ4v) is 3.58. The minimum Gasteiger partial charge on any atom is -0.350 e. The van der Waals surface area contributed by atoms with E-state index in [2.05, 4.69) is 22.9 Å². The van der Waals surface area contributed by atoms with E-state index in [1.54, 1.807) is 0 Å². The molecule has 2 aliphatic rings. The number of hydrogen-bond acceptors (Lipinski definition) is 4. The molecule has 0 aromatic rings. The Kier molecular flexibility index (Phi) is 5.93. The van der Waals surface area contributed by atoms with Crippen molar-refractivity contribution in [2.24, 2.45) is 5.92 Å². The maximum atomic E-state index is 12.7. The largest absolute Gasteiger partial charge is 0.350 e. The number of rotatable bonds is 5. The first-order chi connectivity index (χ1) is 12.1. The Labute approximate surface area is 154 Å². The quantitative estimate of drug-likeness (QED) is 0.629. The molecule has 1 saturated carbocycles. The lowest BCUT2D eigenvalue weighted by molar-refractivity contribution is -0.136. The van der Waals surface area contributed by atoms with E-state index in [4.69, 9.17) is 0 Å². The predicted octanol–water partition coefficient (Wildman–Crippen LogP) is 0.908. The molecule has 0 bridgehead atoms. The van der Waals surface area contributed by atoms with Crippen LogP contribution in [0.15, 0.2) is 0 Å². The fraction of sp³-hybridized carbons (Fsp3) is 0.778. The van der Waals surface area contributed by atoms with Crippen LogP contribution in [0.1, 0.15) is 59.8 Å². The molecule has 3 N–H and O–H groups in total. The van der Waals surface area contributed by atoms with E-state index < -0.39 is 23.0 Å². The van der Waals surface area contributed by atoms with Gasteiger partial charge in [0.2, 0.25) is 11.8 Å².